The molecule has 0 saturated carbocycles. The van der Waals surface area contributed by atoms with E-state index >= 15 is 0 Å². The lowest BCUT2D eigenvalue weighted by Gasteiger charge is -2.35. The van der Waals surface area contributed by atoms with Crippen molar-refractivity contribution < 1.29 is 14.3 Å². The summed E-state index contributed by atoms with van der Waals surface area (Å²) in [5, 5.41) is 0. The molecule has 1 unspecified atom stereocenters. The number of benzene rings is 2. The minimum absolute atomic E-state index is 0.0285. The van der Waals surface area contributed by atoms with Gasteiger partial charge in [0.2, 0.25) is 11.8 Å². The third kappa shape index (κ3) is 5.42. The number of anilines is 1. The van der Waals surface area contributed by atoms with Crippen molar-refractivity contribution in [1.29, 1.82) is 0 Å². The van der Waals surface area contributed by atoms with Crippen molar-refractivity contribution >= 4 is 17.5 Å². The van der Waals surface area contributed by atoms with Gasteiger partial charge in [-0.3, -0.25) is 9.59 Å². The molecule has 5 nitrogen and oxygen atoms in total. The van der Waals surface area contributed by atoms with Gasteiger partial charge in [0.1, 0.15) is 5.75 Å². The lowest BCUT2D eigenvalue weighted by atomic mass is 9.95. The molecule has 5 heteroatoms. The van der Waals surface area contributed by atoms with Crippen LogP contribution in [0.15, 0.2) is 54.6 Å². The van der Waals surface area contributed by atoms with Crippen LogP contribution in [-0.2, 0) is 9.59 Å². The second kappa shape index (κ2) is 10.5. The topological polar surface area (TPSA) is 49.9 Å². The maximum Gasteiger partial charge on any atom is 0.231 e. The van der Waals surface area contributed by atoms with Gasteiger partial charge in [0.15, 0.2) is 0 Å². The molecule has 1 atom stereocenters. The fourth-order valence-corrected chi connectivity index (χ4v) is 3.79. The lowest BCUT2D eigenvalue weighted by molar-refractivity contribution is -0.135. The Morgan fingerprint density at radius 3 is 2.73 bits per heavy atom. The van der Waals surface area contributed by atoms with E-state index in [0.29, 0.717) is 32.7 Å². The number of hydrogen-bond donors (Lipinski definition) is 0. The molecular formula is C25H28N2O3. The highest BCUT2D eigenvalue weighted by molar-refractivity contribution is 5.95. The van der Waals surface area contributed by atoms with Crippen LogP contribution in [0.2, 0.25) is 0 Å². The smallest absolute Gasteiger partial charge is 0.231 e. The molecule has 0 bridgehead atoms. The first-order valence-electron chi connectivity index (χ1n) is 10.5. The summed E-state index contributed by atoms with van der Waals surface area (Å²) in [6, 6.07) is 16.9. The molecule has 1 fully saturated rings. The van der Waals surface area contributed by atoms with Crippen molar-refractivity contribution in [1.82, 2.24) is 4.90 Å². The molecule has 1 heterocycles. The minimum Gasteiger partial charge on any atom is -0.493 e. The normalized spacial score (nSPS) is 15.9. The molecule has 0 aromatic heterocycles. The van der Waals surface area contributed by atoms with Crippen LogP contribution in [0.4, 0.5) is 5.69 Å². The monoisotopic (exact) mass is 404 g/mol. The quantitative estimate of drug-likeness (QED) is 0.661. The SMILES string of the molecule is C#Cc1cccc(N(CC)C(=O)C2CCCN(C(=O)CCOc3ccccc3)C2)c1. The third-order valence-electron chi connectivity index (χ3n) is 5.36. The van der Waals surface area contributed by atoms with Gasteiger partial charge >= 0.3 is 0 Å². The van der Waals surface area contributed by atoms with Gasteiger partial charge in [0, 0.05) is 30.9 Å². The molecule has 0 radical (unpaired) electrons. The van der Waals surface area contributed by atoms with Gasteiger partial charge in [-0.25, -0.2) is 0 Å². The minimum atomic E-state index is -0.202. The molecule has 1 aliphatic rings. The van der Waals surface area contributed by atoms with E-state index in [-0.39, 0.29) is 17.7 Å². The van der Waals surface area contributed by atoms with E-state index in [9.17, 15) is 9.59 Å². The summed E-state index contributed by atoms with van der Waals surface area (Å²) in [5.41, 5.74) is 1.55. The molecule has 1 saturated heterocycles. The van der Waals surface area contributed by atoms with Crippen molar-refractivity contribution in [2.45, 2.75) is 26.2 Å². The summed E-state index contributed by atoms with van der Waals surface area (Å²) in [6.45, 7) is 3.98. The van der Waals surface area contributed by atoms with Crippen molar-refractivity contribution in [3.63, 3.8) is 0 Å². The van der Waals surface area contributed by atoms with E-state index in [1.54, 1.807) is 9.80 Å². The van der Waals surface area contributed by atoms with Crippen LogP contribution >= 0.6 is 0 Å². The second-order valence-electron chi connectivity index (χ2n) is 7.37. The van der Waals surface area contributed by atoms with Crippen LogP contribution in [0.1, 0.15) is 31.7 Å². The van der Waals surface area contributed by atoms with Crippen molar-refractivity contribution in [2.24, 2.45) is 5.92 Å². The van der Waals surface area contributed by atoms with E-state index in [2.05, 4.69) is 5.92 Å². The van der Waals surface area contributed by atoms with Crippen LogP contribution in [0.5, 0.6) is 5.75 Å². The van der Waals surface area contributed by atoms with Crippen LogP contribution < -0.4 is 9.64 Å². The Kier molecular flexibility index (Phi) is 7.51. The summed E-state index contributed by atoms with van der Waals surface area (Å²) in [4.78, 5) is 29.4. The number of piperidine rings is 1. The van der Waals surface area contributed by atoms with Crippen LogP contribution in [-0.4, -0.2) is 43.0 Å². The molecule has 3 rings (SSSR count). The Morgan fingerprint density at radius 2 is 2.00 bits per heavy atom. The average molecular weight is 405 g/mol. The van der Waals surface area contributed by atoms with Gasteiger partial charge in [-0.05, 0) is 50.1 Å². The summed E-state index contributed by atoms with van der Waals surface area (Å²) >= 11 is 0. The Labute approximate surface area is 178 Å². The van der Waals surface area contributed by atoms with Crippen molar-refractivity contribution in [3.05, 3.63) is 60.2 Å². The second-order valence-corrected chi connectivity index (χ2v) is 7.37. The van der Waals surface area contributed by atoms with Gasteiger partial charge < -0.3 is 14.5 Å². The molecule has 30 heavy (non-hydrogen) atoms. The standard InChI is InChI=1S/C25H28N2O3/c1-3-20-10-8-12-22(18-20)27(4-2)25(29)21-11-9-16-26(19-21)24(28)15-17-30-23-13-6-5-7-14-23/h1,5-8,10,12-14,18,21H,4,9,11,15-17,19H2,2H3. The number of likely N-dealkylation sites (tertiary alicyclic amines) is 1. The highest BCUT2D eigenvalue weighted by Crippen LogP contribution is 2.24. The average Bonchev–Trinajstić information content (AvgIpc) is 2.80. The molecular weight excluding hydrogens is 376 g/mol. The Hall–Kier alpha value is -3.26. The van der Waals surface area contributed by atoms with E-state index in [1.165, 1.54) is 0 Å². The van der Waals surface area contributed by atoms with Gasteiger partial charge in [-0.15, -0.1) is 6.42 Å². The summed E-state index contributed by atoms with van der Waals surface area (Å²) in [5.74, 6) is 3.24. The van der Waals surface area contributed by atoms with E-state index in [4.69, 9.17) is 11.2 Å². The highest BCUT2D eigenvalue weighted by Gasteiger charge is 2.31. The van der Waals surface area contributed by atoms with E-state index in [0.717, 1.165) is 29.8 Å². The molecule has 0 N–H and O–H groups in total. The number of hydrogen-bond acceptors (Lipinski definition) is 3. The third-order valence-corrected chi connectivity index (χ3v) is 5.36. The summed E-state index contributed by atoms with van der Waals surface area (Å²) in [6.07, 6.45) is 7.41. The predicted octanol–water partition coefficient (Wildman–Crippen LogP) is 3.73. The Balaban J connectivity index is 1.58. The zero-order valence-electron chi connectivity index (χ0n) is 17.4. The summed E-state index contributed by atoms with van der Waals surface area (Å²) in [7, 11) is 0. The van der Waals surface area contributed by atoms with E-state index < -0.39 is 0 Å². The number of rotatable bonds is 7. The van der Waals surface area contributed by atoms with Gasteiger partial charge in [0.05, 0.1) is 18.9 Å². The molecule has 0 aliphatic carbocycles. The first-order valence-corrected chi connectivity index (χ1v) is 10.5. The number of carbonyl (C=O) groups is 2. The fourth-order valence-electron chi connectivity index (χ4n) is 3.79. The zero-order chi connectivity index (χ0) is 21.3. The molecule has 0 spiro atoms. The first-order chi connectivity index (χ1) is 14.6. The fraction of sp³-hybridized carbons (Fsp3) is 0.360. The number of ether oxygens (including phenoxy) is 1. The number of carbonyl (C=O) groups excluding carboxylic acids is 2. The van der Waals surface area contributed by atoms with Crippen LogP contribution in [0.25, 0.3) is 0 Å². The molecule has 2 amide bonds. The first kappa shape index (κ1) is 21.4. The number of para-hydroxylation sites is 1. The van der Waals surface area contributed by atoms with Gasteiger partial charge in [-0.1, -0.05) is 30.2 Å². The van der Waals surface area contributed by atoms with Crippen molar-refractivity contribution in [3.8, 4) is 18.1 Å². The number of nitrogens with zero attached hydrogens (tertiary/aromatic N) is 2. The maximum atomic E-state index is 13.2. The number of terminal acetylenes is 1. The van der Waals surface area contributed by atoms with Crippen molar-refractivity contribution in [2.75, 3.05) is 31.1 Å². The largest absolute Gasteiger partial charge is 0.493 e. The highest BCUT2D eigenvalue weighted by atomic mass is 16.5. The lowest BCUT2D eigenvalue weighted by Crippen LogP contribution is -2.47. The van der Waals surface area contributed by atoms with Gasteiger partial charge in [-0.2, -0.15) is 0 Å². The number of amides is 2. The Bertz CT molecular complexity index is 904. The van der Waals surface area contributed by atoms with E-state index in [1.807, 2.05) is 61.5 Å². The molecule has 156 valence electrons. The summed E-state index contributed by atoms with van der Waals surface area (Å²) < 4.78 is 5.64. The molecule has 2 aromatic rings. The van der Waals surface area contributed by atoms with Gasteiger partial charge in [0.25, 0.3) is 0 Å². The zero-order valence-corrected chi connectivity index (χ0v) is 17.4. The van der Waals surface area contributed by atoms with Crippen LogP contribution in [0.3, 0.4) is 0 Å². The Morgan fingerprint density at radius 1 is 1.20 bits per heavy atom. The van der Waals surface area contributed by atoms with Crippen LogP contribution in [0, 0.1) is 18.3 Å². The predicted molar refractivity (Wildman–Crippen MR) is 118 cm³/mol. The molecule has 1 aliphatic heterocycles. The molecule has 2 aromatic carbocycles. The maximum absolute atomic E-state index is 13.2.